The molecular formula is C15H23N3. The molecular weight excluding hydrogens is 222 g/mol. The number of nitrogens with zero attached hydrogens (tertiary/aromatic N) is 2. The predicted molar refractivity (Wildman–Crippen MR) is 72.0 cm³/mol. The van der Waals surface area contributed by atoms with E-state index >= 15 is 0 Å². The topological polar surface area (TPSA) is 37.8 Å². The van der Waals surface area contributed by atoms with Crippen molar-refractivity contribution in [2.75, 3.05) is 0 Å². The van der Waals surface area contributed by atoms with Crippen LogP contribution in [0, 0.1) is 5.41 Å². The van der Waals surface area contributed by atoms with Crippen LogP contribution in [0.4, 0.5) is 0 Å². The van der Waals surface area contributed by atoms with Crippen LogP contribution in [0.3, 0.4) is 0 Å². The second-order valence-electron chi connectivity index (χ2n) is 6.06. The fraction of sp³-hybridized carbons (Fsp3) is 0.733. The fourth-order valence-corrected chi connectivity index (χ4v) is 3.73. The van der Waals surface area contributed by atoms with Crippen LogP contribution in [0.25, 0.3) is 0 Å². The molecule has 2 fully saturated rings. The lowest BCUT2D eigenvalue weighted by Gasteiger charge is -2.37. The van der Waals surface area contributed by atoms with Gasteiger partial charge in [0.1, 0.15) is 6.33 Å². The number of hydrogen-bond donors (Lipinski definition) is 1. The van der Waals surface area contributed by atoms with Gasteiger partial charge in [-0.3, -0.25) is 0 Å². The summed E-state index contributed by atoms with van der Waals surface area (Å²) in [6.07, 6.45) is 15.0. The van der Waals surface area contributed by atoms with E-state index in [0.717, 1.165) is 17.7 Å². The van der Waals surface area contributed by atoms with Crippen LogP contribution >= 0.6 is 0 Å². The summed E-state index contributed by atoms with van der Waals surface area (Å²) in [5, 5.41) is 3.65. The van der Waals surface area contributed by atoms with Crippen molar-refractivity contribution >= 4 is 0 Å². The van der Waals surface area contributed by atoms with Crippen molar-refractivity contribution in [1.29, 1.82) is 0 Å². The molecule has 0 unspecified atom stereocenters. The van der Waals surface area contributed by atoms with Gasteiger partial charge in [-0.15, -0.1) is 0 Å². The largest absolute Gasteiger partial charge is 0.308 e. The first-order chi connectivity index (χ1) is 8.86. The van der Waals surface area contributed by atoms with Crippen molar-refractivity contribution in [3.8, 4) is 0 Å². The molecule has 2 saturated carbocycles. The van der Waals surface area contributed by atoms with Crippen molar-refractivity contribution in [1.82, 2.24) is 15.3 Å². The zero-order valence-corrected chi connectivity index (χ0v) is 11.1. The monoisotopic (exact) mass is 245 g/mol. The molecule has 3 nitrogen and oxygen atoms in total. The highest BCUT2D eigenvalue weighted by Crippen LogP contribution is 2.48. The van der Waals surface area contributed by atoms with E-state index in [1.165, 1.54) is 51.4 Å². The van der Waals surface area contributed by atoms with E-state index in [4.69, 9.17) is 0 Å². The molecule has 18 heavy (non-hydrogen) atoms. The molecule has 98 valence electrons. The lowest BCUT2D eigenvalue weighted by Crippen LogP contribution is -2.36. The average Bonchev–Trinajstić information content (AvgIpc) is 2.88. The Balaban J connectivity index is 1.46. The lowest BCUT2D eigenvalue weighted by atomic mass is 9.71. The van der Waals surface area contributed by atoms with Gasteiger partial charge in [-0.25, -0.2) is 9.97 Å². The molecule has 0 bridgehead atoms. The molecule has 0 atom stereocenters. The summed E-state index contributed by atoms with van der Waals surface area (Å²) in [7, 11) is 0. The van der Waals surface area contributed by atoms with E-state index in [2.05, 4.69) is 15.3 Å². The second-order valence-corrected chi connectivity index (χ2v) is 6.06. The maximum atomic E-state index is 4.26. The smallest absolute Gasteiger partial charge is 0.115 e. The molecule has 0 aliphatic heterocycles. The van der Waals surface area contributed by atoms with Crippen LogP contribution in [0.5, 0.6) is 0 Å². The zero-order valence-electron chi connectivity index (χ0n) is 11.1. The summed E-state index contributed by atoms with van der Waals surface area (Å²) in [5.74, 6) is 0. The minimum absolute atomic E-state index is 0.700. The molecule has 2 aliphatic carbocycles. The third-order valence-electron chi connectivity index (χ3n) is 4.93. The Bertz CT molecular complexity index is 361. The molecule has 0 radical (unpaired) electrons. The van der Waals surface area contributed by atoms with Gasteiger partial charge < -0.3 is 5.32 Å². The highest BCUT2D eigenvalue weighted by molar-refractivity contribution is 4.98. The fourth-order valence-electron chi connectivity index (χ4n) is 3.73. The first-order valence-corrected chi connectivity index (χ1v) is 7.35. The Labute approximate surface area is 109 Å². The van der Waals surface area contributed by atoms with Gasteiger partial charge in [-0.2, -0.15) is 0 Å². The summed E-state index contributed by atoms with van der Waals surface area (Å²) >= 11 is 0. The molecule has 1 heterocycles. The van der Waals surface area contributed by atoms with Crippen molar-refractivity contribution in [3.63, 3.8) is 0 Å². The second kappa shape index (κ2) is 5.35. The molecule has 0 amide bonds. The third kappa shape index (κ3) is 2.72. The summed E-state index contributed by atoms with van der Waals surface area (Å²) in [6.45, 7) is 0.889. The highest BCUT2D eigenvalue weighted by Gasteiger charge is 2.37. The Hall–Kier alpha value is -0.960. The molecule has 1 N–H and O–H groups in total. The molecule has 2 aliphatic rings. The predicted octanol–water partition coefficient (Wildman–Crippen LogP) is 3.07. The van der Waals surface area contributed by atoms with Crippen molar-refractivity contribution in [2.24, 2.45) is 5.41 Å². The van der Waals surface area contributed by atoms with Gasteiger partial charge in [0, 0.05) is 18.8 Å². The van der Waals surface area contributed by atoms with E-state index < -0.39 is 0 Å². The first kappa shape index (κ1) is 12.1. The normalized spacial score (nSPS) is 23.6. The van der Waals surface area contributed by atoms with Gasteiger partial charge in [0.2, 0.25) is 0 Å². The van der Waals surface area contributed by atoms with Crippen LogP contribution in [0.1, 0.15) is 57.1 Å². The van der Waals surface area contributed by atoms with E-state index in [0.29, 0.717) is 6.04 Å². The summed E-state index contributed by atoms with van der Waals surface area (Å²) in [6, 6.07) is 2.69. The number of nitrogens with one attached hydrogen (secondary N) is 1. The van der Waals surface area contributed by atoms with Crippen molar-refractivity contribution in [2.45, 2.75) is 64.0 Å². The van der Waals surface area contributed by atoms with E-state index in [9.17, 15) is 0 Å². The Morgan fingerprint density at radius 3 is 2.61 bits per heavy atom. The van der Waals surface area contributed by atoms with Crippen LogP contribution in [0.15, 0.2) is 18.6 Å². The van der Waals surface area contributed by atoms with Gasteiger partial charge in [0.05, 0.1) is 5.69 Å². The lowest BCUT2D eigenvalue weighted by molar-refractivity contribution is 0.168. The third-order valence-corrected chi connectivity index (χ3v) is 4.93. The minimum Gasteiger partial charge on any atom is -0.308 e. The van der Waals surface area contributed by atoms with Gasteiger partial charge in [0.15, 0.2) is 0 Å². The maximum Gasteiger partial charge on any atom is 0.115 e. The SMILES string of the molecule is c1cc(CNC2CCC3(CCCC3)CC2)ncn1. The van der Waals surface area contributed by atoms with Crippen LogP contribution in [0.2, 0.25) is 0 Å². The molecule has 0 saturated heterocycles. The molecule has 1 aromatic rings. The van der Waals surface area contributed by atoms with E-state index in [-0.39, 0.29) is 0 Å². The summed E-state index contributed by atoms with van der Waals surface area (Å²) < 4.78 is 0. The first-order valence-electron chi connectivity index (χ1n) is 7.35. The highest BCUT2D eigenvalue weighted by atomic mass is 14.9. The molecule has 1 aromatic heterocycles. The Kier molecular flexibility index (Phi) is 3.59. The van der Waals surface area contributed by atoms with Crippen molar-refractivity contribution in [3.05, 3.63) is 24.3 Å². The van der Waals surface area contributed by atoms with Gasteiger partial charge in [0.25, 0.3) is 0 Å². The molecule has 0 aromatic carbocycles. The average molecular weight is 245 g/mol. The number of hydrogen-bond acceptors (Lipinski definition) is 3. The standard InChI is InChI=1S/C15H23N3/c1-2-7-15(6-1)8-3-13(4-9-15)17-11-14-5-10-16-12-18-14/h5,10,12-13,17H,1-4,6-9,11H2. The van der Waals surface area contributed by atoms with E-state index in [1.807, 2.05) is 12.3 Å². The Morgan fingerprint density at radius 1 is 1.17 bits per heavy atom. The number of aromatic nitrogens is 2. The van der Waals surface area contributed by atoms with Gasteiger partial charge in [-0.1, -0.05) is 12.8 Å². The van der Waals surface area contributed by atoms with Gasteiger partial charge >= 0.3 is 0 Å². The molecule has 1 spiro atoms. The summed E-state index contributed by atoms with van der Waals surface area (Å²) in [4.78, 5) is 8.21. The quantitative estimate of drug-likeness (QED) is 0.889. The number of rotatable bonds is 3. The molecule has 3 rings (SSSR count). The summed E-state index contributed by atoms with van der Waals surface area (Å²) in [5.41, 5.74) is 1.85. The van der Waals surface area contributed by atoms with E-state index in [1.54, 1.807) is 6.33 Å². The van der Waals surface area contributed by atoms with Crippen LogP contribution in [-0.4, -0.2) is 16.0 Å². The Morgan fingerprint density at radius 2 is 1.94 bits per heavy atom. The van der Waals surface area contributed by atoms with Crippen LogP contribution < -0.4 is 5.32 Å². The maximum absolute atomic E-state index is 4.26. The van der Waals surface area contributed by atoms with Crippen LogP contribution in [-0.2, 0) is 6.54 Å². The zero-order chi connectivity index (χ0) is 12.3. The van der Waals surface area contributed by atoms with Crippen molar-refractivity contribution < 1.29 is 0 Å². The minimum atomic E-state index is 0.700. The molecule has 3 heteroatoms. The van der Waals surface area contributed by atoms with Gasteiger partial charge in [-0.05, 0) is 50.0 Å².